The van der Waals surface area contributed by atoms with Crippen LogP contribution in [0.2, 0.25) is 0 Å². The maximum Gasteiger partial charge on any atom is 0.319 e. The van der Waals surface area contributed by atoms with Crippen molar-refractivity contribution in [1.29, 1.82) is 5.26 Å². The van der Waals surface area contributed by atoms with Gasteiger partial charge in [-0.1, -0.05) is 36.4 Å². The van der Waals surface area contributed by atoms with Gasteiger partial charge >= 0.3 is 6.03 Å². The first-order valence-electron chi connectivity index (χ1n) is 6.47. The average Bonchev–Trinajstić information content (AvgIpc) is 2.53. The van der Waals surface area contributed by atoms with Gasteiger partial charge in [0.25, 0.3) is 0 Å². The Morgan fingerprint density at radius 2 is 1.95 bits per heavy atom. The summed E-state index contributed by atoms with van der Waals surface area (Å²) in [4.78, 5) is 11.7. The molecule has 0 aromatic heterocycles. The number of carbonyl (C=O) groups is 1. The van der Waals surface area contributed by atoms with E-state index in [4.69, 9.17) is 5.26 Å². The van der Waals surface area contributed by atoms with Gasteiger partial charge in [-0.2, -0.15) is 5.26 Å². The normalized spacial score (nSPS) is 11.2. The number of urea groups is 1. The van der Waals surface area contributed by atoms with Gasteiger partial charge in [-0.05, 0) is 23.8 Å². The molecule has 0 heterocycles. The number of aliphatic hydroxyl groups excluding tert-OH is 1. The topological polar surface area (TPSA) is 85.2 Å². The fourth-order valence-electron chi connectivity index (χ4n) is 1.82. The van der Waals surface area contributed by atoms with Crippen LogP contribution in [0.3, 0.4) is 0 Å². The number of hydrogen-bond donors (Lipinski definition) is 3. The Labute approximate surface area is 122 Å². The lowest BCUT2D eigenvalue weighted by Crippen LogP contribution is -2.32. The monoisotopic (exact) mass is 281 g/mol. The highest BCUT2D eigenvalue weighted by Crippen LogP contribution is 2.11. The van der Waals surface area contributed by atoms with E-state index in [1.165, 1.54) is 0 Å². The molecule has 21 heavy (non-hydrogen) atoms. The number of carbonyl (C=O) groups excluding carboxylic acids is 1. The fourth-order valence-corrected chi connectivity index (χ4v) is 1.82. The van der Waals surface area contributed by atoms with Crippen molar-refractivity contribution in [2.75, 3.05) is 11.9 Å². The predicted octanol–water partition coefficient (Wildman–Crippen LogP) is 2.41. The van der Waals surface area contributed by atoms with Crippen LogP contribution in [-0.2, 0) is 0 Å². The van der Waals surface area contributed by atoms with Gasteiger partial charge in [-0.15, -0.1) is 0 Å². The van der Waals surface area contributed by atoms with Crippen molar-refractivity contribution in [3.8, 4) is 6.07 Å². The van der Waals surface area contributed by atoms with E-state index in [0.29, 0.717) is 11.3 Å². The van der Waals surface area contributed by atoms with Gasteiger partial charge in [0.05, 0.1) is 17.7 Å². The van der Waals surface area contributed by atoms with Crippen LogP contribution in [0.4, 0.5) is 10.5 Å². The maximum absolute atomic E-state index is 11.7. The summed E-state index contributed by atoms with van der Waals surface area (Å²) in [5, 5.41) is 23.9. The Morgan fingerprint density at radius 3 is 2.67 bits per heavy atom. The number of anilines is 1. The highest BCUT2D eigenvalue weighted by molar-refractivity contribution is 5.89. The molecule has 2 aromatic carbocycles. The largest absolute Gasteiger partial charge is 0.387 e. The number of rotatable bonds is 4. The van der Waals surface area contributed by atoms with Gasteiger partial charge in [0.15, 0.2) is 0 Å². The first-order chi connectivity index (χ1) is 10.2. The van der Waals surface area contributed by atoms with Crippen LogP contribution in [0.1, 0.15) is 17.2 Å². The molecular formula is C16H15N3O2. The molecule has 0 bridgehead atoms. The van der Waals surface area contributed by atoms with Crippen molar-refractivity contribution in [3.05, 3.63) is 65.7 Å². The molecule has 3 N–H and O–H groups in total. The predicted molar refractivity (Wildman–Crippen MR) is 79.6 cm³/mol. The number of amides is 2. The molecule has 0 radical (unpaired) electrons. The number of nitrogens with zero attached hydrogens (tertiary/aromatic N) is 1. The summed E-state index contributed by atoms with van der Waals surface area (Å²) in [5.74, 6) is 0. The minimum atomic E-state index is -0.762. The Balaban J connectivity index is 1.86. The van der Waals surface area contributed by atoms with Crippen LogP contribution in [0.5, 0.6) is 0 Å². The molecule has 0 aliphatic heterocycles. The molecule has 0 fully saturated rings. The third-order valence-corrected chi connectivity index (χ3v) is 2.89. The lowest BCUT2D eigenvalue weighted by Gasteiger charge is -2.13. The summed E-state index contributed by atoms with van der Waals surface area (Å²) in [5.41, 5.74) is 1.74. The Hall–Kier alpha value is -2.84. The molecule has 106 valence electrons. The van der Waals surface area contributed by atoms with E-state index in [2.05, 4.69) is 10.6 Å². The van der Waals surface area contributed by atoms with Crippen LogP contribution in [0, 0.1) is 11.3 Å². The van der Waals surface area contributed by atoms with Gasteiger partial charge < -0.3 is 15.7 Å². The van der Waals surface area contributed by atoms with Crippen LogP contribution in [-0.4, -0.2) is 17.7 Å². The molecule has 5 nitrogen and oxygen atoms in total. The Morgan fingerprint density at radius 1 is 1.19 bits per heavy atom. The van der Waals surface area contributed by atoms with Crippen molar-refractivity contribution < 1.29 is 9.90 Å². The van der Waals surface area contributed by atoms with E-state index in [1.807, 2.05) is 24.3 Å². The number of aliphatic hydroxyl groups is 1. The summed E-state index contributed by atoms with van der Waals surface area (Å²) >= 11 is 0. The lowest BCUT2D eigenvalue weighted by atomic mass is 10.1. The standard InChI is InChI=1S/C16H15N3O2/c17-10-12-5-4-8-14(9-12)19-16(21)18-11-15(20)13-6-2-1-3-7-13/h1-9,15,20H,11H2,(H2,18,19,21)/t15-/m0/s1. The fraction of sp³-hybridized carbons (Fsp3) is 0.125. The van der Waals surface area contributed by atoms with Crippen molar-refractivity contribution in [3.63, 3.8) is 0 Å². The lowest BCUT2D eigenvalue weighted by molar-refractivity contribution is 0.175. The highest BCUT2D eigenvalue weighted by Gasteiger charge is 2.09. The Bertz CT molecular complexity index is 650. The van der Waals surface area contributed by atoms with E-state index in [0.717, 1.165) is 5.56 Å². The number of nitrogens with one attached hydrogen (secondary N) is 2. The molecular weight excluding hydrogens is 266 g/mol. The smallest absolute Gasteiger partial charge is 0.319 e. The molecule has 2 rings (SSSR count). The second kappa shape index (κ2) is 7.08. The summed E-state index contributed by atoms with van der Waals surface area (Å²) in [6.07, 6.45) is -0.762. The van der Waals surface area contributed by atoms with Crippen LogP contribution in [0.25, 0.3) is 0 Å². The summed E-state index contributed by atoms with van der Waals surface area (Å²) in [6, 6.07) is 17.3. The molecule has 0 spiro atoms. The summed E-state index contributed by atoms with van der Waals surface area (Å²) in [6.45, 7) is 0.105. The second-order valence-electron chi connectivity index (χ2n) is 4.45. The van der Waals surface area contributed by atoms with Gasteiger partial charge in [-0.3, -0.25) is 0 Å². The highest BCUT2D eigenvalue weighted by atomic mass is 16.3. The minimum Gasteiger partial charge on any atom is -0.387 e. The molecule has 1 atom stereocenters. The first kappa shape index (κ1) is 14.6. The van der Waals surface area contributed by atoms with Gasteiger partial charge in [0.2, 0.25) is 0 Å². The molecule has 0 aliphatic rings. The number of hydrogen-bond acceptors (Lipinski definition) is 3. The van der Waals surface area contributed by atoms with Crippen molar-refractivity contribution >= 4 is 11.7 Å². The zero-order valence-electron chi connectivity index (χ0n) is 11.3. The maximum atomic E-state index is 11.7. The molecule has 0 unspecified atom stereocenters. The first-order valence-corrected chi connectivity index (χ1v) is 6.47. The van der Waals surface area contributed by atoms with Crippen LogP contribution in [0.15, 0.2) is 54.6 Å². The Kier molecular flexibility index (Phi) is 4.91. The third kappa shape index (κ3) is 4.34. The third-order valence-electron chi connectivity index (χ3n) is 2.89. The zero-order chi connectivity index (χ0) is 15.1. The number of benzene rings is 2. The molecule has 2 amide bonds. The van der Waals surface area contributed by atoms with Crippen molar-refractivity contribution in [1.82, 2.24) is 5.32 Å². The minimum absolute atomic E-state index is 0.105. The quantitative estimate of drug-likeness (QED) is 0.804. The molecule has 2 aromatic rings. The van der Waals surface area contributed by atoms with Crippen LogP contribution >= 0.6 is 0 Å². The van der Waals surface area contributed by atoms with Gasteiger partial charge in [-0.25, -0.2) is 4.79 Å². The summed E-state index contributed by atoms with van der Waals surface area (Å²) < 4.78 is 0. The molecule has 0 saturated carbocycles. The zero-order valence-corrected chi connectivity index (χ0v) is 11.3. The van der Waals surface area contributed by atoms with Gasteiger partial charge in [0.1, 0.15) is 0 Å². The van der Waals surface area contributed by atoms with E-state index < -0.39 is 12.1 Å². The van der Waals surface area contributed by atoms with Crippen LogP contribution < -0.4 is 10.6 Å². The SMILES string of the molecule is N#Cc1cccc(NC(=O)NC[C@H](O)c2ccccc2)c1. The second-order valence-corrected chi connectivity index (χ2v) is 4.45. The van der Waals surface area contributed by atoms with Gasteiger partial charge in [0, 0.05) is 12.2 Å². The van der Waals surface area contributed by atoms with Crippen molar-refractivity contribution in [2.24, 2.45) is 0 Å². The number of nitriles is 1. The average molecular weight is 281 g/mol. The molecule has 0 aliphatic carbocycles. The molecule has 0 saturated heterocycles. The van der Waals surface area contributed by atoms with Crippen molar-refractivity contribution in [2.45, 2.75) is 6.10 Å². The molecule has 5 heteroatoms. The summed E-state index contributed by atoms with van der Waals surface area (Å²) in [7, 11) is 0. The van der Waals surface area contributed by atoms with E-state index in [9.17, 15) is 9.90 Å². The van der Waals surface area contributed by atoms with E-state index in [1.54, 1.807) is 36.4 Å². The van der Waals surface area contributed by atoms with E-state index >= 15 is 0 Å². The van der Waals surface area contributed by atoms with E-state index in [-0.39, 0.29) is 6.54 Å².